The quantitative estimate of drug-likeness (QED) is 0.808. The summed E-state index contributed by atoms with van der Waals surface area (Å²) in [5, 5.41) is 9.31. The summed E-state index contributed by atoms with van der Waals surface area (Å²) in [5.41, 5.74) is 0.687. The van der Waals surface area contributed by atoms with Crippen LogP contribution in [0.15, 0.2) is 29.2 Å². The Hall–Kier alpha value is -0.910. The molecular weight excluding hydrogens is 250 g/mol. The van der Waals surface area contributed by atoms with E-state index in [0.29, 0.717) is 23.5 Å². The van der Waals surface area contributed by atoms with Crippen molar-refractivity contribution < 1.29 is 14.1 Å². The lowest BCUT2D eigenvalue weighted by atomic mass is 10.3. The standard InChI is InChI=1S/C10H10ClNO3S/c11-16(15)8-3-1-7(2-4-8)12-6-5-9(13)10(12)14/h1-4,9,13H,5-6H2. The van der Waals surface area contributed by atoms with Gasteiger partial charge in [-0.3, -0.25) is 4.79 Å². The molecule has 0 aliphatic carbocycles. The van der Waals surface area contributed by atoms with Crippen LogP contribution in [-0.2, 0) is 14.8 Å². The molecule has 1 N–H and O–H groups in total. The molecule has 1 aromatic rings. The van der Waals surface area contributed by atoms with E-state index in [9.17, 15) is 14.1 Å². The largest absolute Gasteiger partial charge is 0.383 e. The average molecular weight is 260 g/mol. The summed E-state index contributed by atoms with van der Waals surface area (Å²) in [7, 11) is 3.88. The van der Waals surface area contributed by atoms with Crippen LogP contribution in [0.4, 0.5) is 5.69 Å². The van der Waals surface area contributed by atoms with Crippen molar-refractivity contribution in [1.29, 1.82) is 0 Å². The molecule has 0 bridgehead atoms. The summed E-state index contributed by atoms with van der Waals surface area (Å²) in [4.78, 5) is 13.5. The van der Waals surface area contributed by atoms with Gasteiger partial charge >= 0.3 is 0 Å². The Labute approximate surface area is 99.8 Å². The van der Waals surface area contributed by atoms with Gasteiger partial charge in [-0.15, -0.1) is 0 Å². The molecule has 1 aromatic carbocycles. The van der Waals surface area contributed by atoms with Crippen molar-refractivity contribution >= 4 is 32.3 Å². The van der Waals surface area contributed by atoms with Gasteiger partial charge in [0.05, 0.1) is 4.90 Å². The van der Waals surface area contributed by atoms with E-state index in [4.69, 9.17) is 10.7 Å². The molecule has 1 aliphatic rings. The lowest BCUT2D eigenvalue weighted by molar-refractivity contribution is -0.123. The van der Waals surface area contributed by atoms with E-state index < -0.39 is 16.1 Å². The zero-order chi connectivity index (χ0) is 11.7. The topological polar surface area (TPSA) is 57.6 Å². The van der Waals surface area contributed by atoms with Crippen LogP contribution >= 0.6 is 10.7 Å². The second-order valence-corrected chi connectivity index (χ2v) is 5.27. The molecule has 6 heteroatoms. The average Bonchev–Trinajstić information content (AvgIpc) is 2.60. The number of anilines is 1. The maximum absolute atomic E-state index is 11.5. The number of halogens is 1. The third-order valence-corrected chi connectivity index (χ3v) is 3.69. The molecule has 0 saturated carbocycles. The van der Waals surface area contributed by atoms with Crippen molar-refractivity contribution in [2.45, 2.75) is 17.4 Å². The number of hydrogen-bond donors (Lipinski definition) is 1. The number of hydrogen-bond acceptors (Lipinski definition) is 3. The van der Waals surface area contributed by atoms with Gasteiger partial charge in [0, 0.05) is 18.7 Å². The van der Waals surface area contributed by atoms with Gasteiger partial charge in [0.2, 0.25) is 0 Å². The molecule has 1 fully saturated rings. The molecule has 2 unspecified atom stereocenters. The zero-order valence-corrected chi connectivity index (χ0v) is 9.87. The van der Waals surface area contributed by atoms with Gasteiger partial charge < -0.3 is 10.0 Å². The summed E-state index contributed by atoms with van der Waals surface area (Å²) < 4.78 is 11.0. The first kappa shape index (κ1) is 11.6. The number of nitrogens with zero attached hydrogens (tertiary/aromatic N) is 1. The minimum Gasteiger partial charge on any atom is -0.383 e. The third-order valence-electron chi connectivity index (χ3n) is 2.51. The van der Waals surface area contributed by atoms with Gasteiger partial charge in [-0.05, 0) is 34.9 Å². The SMILES string of the molecule is O=C1C(O)CCN1c1ccc(S(=O)Cl)cc1. The first-order valence-electron chi connectivity index (χ1n) is 4.77. The number of benzene rings is 1. The Morgan fingerprint density at radius 3 is 2.44 bits per heavy atom. The minimum atomic E-state index is -1.54. The summed E-state index contributed by atoms with van der Waals surface area (Å²) in [6.45, 7) is 0.503. The van der Waals surface area contributed by atoms with E-state index in [1.807, 2.05) is 0 Å². The summed E-state index contributed by atoms with van der Waals surface area (Å²) in [5.74, 6) is -0.292. The highest BCUT2D eigenvalue weighted by Crippen LogP contribution is 2.23. The van der Waals surface area contributed by atoms with Gasteiger partial charge in [-0.2, -0.15) is 0 Å². The number of carbonyl (C=O) groups is 1. The molecule has 4 nitrogen and oxygen atoms in total. The molecule has 0 aromatic heterocycles. The van der Waals surface area contributed by atoms with Gasteiger partial charge in [-0.1, -0.05) is 0 Å². The van der Waals surface area contributed by atoms with Gasteiger partial charge in [0.1, 0.15) is 16.1 Å². The lowest BCUT2D eigenvalue weighted by Crippen LogP contribution is -2.28. The third kappa shape index (κ3) is 2.11. The van der Waals surface area contributed by atoms with Crippen molar-refractivity contribution in [3.05, 3.63) is 24.3 Å². The molecule has 1 amide bonds. The van der Waals surface area contributed by atoms with Gasteiger partial charge in [-0.25, -0.2) is 4.21 Å². The summed E-state index contributed by atoms with van der Waals surface area (Å²) in [6.07, 6.45) is -0.455. The highest BCUT2D eigenvalue weighted by Gasteiger charge is 2.30. The summed E-state index contributed by atoms with van der Waals surface area (Å²) >= 11 is 0. The molecule has 0 spiro atoms. The zero-order valence-electron chi connectivity index (χ0n) is 8.30. The van der Waals surface area contributed by atoms with E-state index in [2.05, 4.69) is 0 Å². The Bertz CT molecular complexity index is 434. The van der Waals surface area contributed by atoms with Crippen molar-refractivity contribution in [3.8, 4) is 0 Å². The number of aliphatic hydroxyl groups excluding tert-OH is 1. The van der Waals surface area contributed by atoms with E-state index in [0.717, 1.165) is 0 Å². The van der Waals surface area contributed by atoms with Gasteiger partial charge in [0.25, 0.3) is 5.91 Å². The Morgan fingerprint density at radius 1 is 1.38 bits per heavy atom. The second kappa shape index (κ2) is 4.53. The monoisotopic (exact) mass is 259 g/mol. The second-order valence-electron chi connectivity index (χ2n) is 3.51. The first-order valence-corrected chi connectivity index (χ1v) is 6.75. The predicted molar refractivity (Wildman–Crippen MR) is 61.7 cm³/mol. The highest BCUT2D eigenvalue weighted by atomic mass is 35.7. The highest BCUT2D eigenvalue weighted by molar-refractivity contribution is 8.08. The van der Waals surface area contributed by atoms with Crippen molar-refractivity contribution in [2.75, 3.05) is 11.4 Å². The molecule has 1 saturated heterocycles. The smallest absolute Gasteiger partial charge is 0.255 e. The molecule has 2 atom stereocenters. The van der Waals surface area contributed by atoms with Crippen LogP contribution in [0.3, 0.4) is 0 Å². The minimum absolute atomic E-state index is 0.292. The van der Waals surface area contributed by atoms with Crippen molar-refractivity contribution in [2.24, 2.45) is 0 Å². The van der Waals surface area contributed by atoms with E-state index in [-0.39, 0.29) is 5.91 Å². The normalized spacial score (nSPS) is 22.5. The van der Waals surface area contributed by atoms with Crippen LogP contribution in [0.5, 0.6) is 0 Å². The fraction of sp³-hybridized carbons (Fsp3) is 0.300. The fourth-order valence-electron chi connectivity index (χ4n) is 1.65. The molecule has 86 valence electrons. The molecule has 16 heavy (non-hydrogen) atoms. The van der Waals surface area contributed by atoms with E-state index in [1.54, 1.807) is 24.3 Å². The Balaban J connectivity index is 2.22. The lowest BCUT2D eigenvalue weighted by Gasteiger charge is -2.15. The van der Waals surface area contributed by atoms with Gasteiger partial charge in [0.15, 0.2) is 0 Å². The summed E-state index contributed by atoms with van der Waals surface area (Å²) in [6, 6.07) is 6.56. The van der Waals surface area contributed by atoms with Crippen LogP contribution in [0.2, 0.25) is 0 Å². The van der Waals surface area contributed by atoms with Crippen LogP contribution in [0.25, 0.3) is 0 Å². The van der Waals surface area contributed by atoms with E-state index >= 15 is 0 Å². The van der Waals surface area contributed by atoms with Crippen molar-refractivity contribution in [1.82, 2.24) is 0 Å². The van der Waals surface area contributed by atoms with E-state index in [1.165, 1.54) is 4.90 Å². The fourth-order valence-corrected chi connectivity index (χ4v) is 2.31. The first-order chi connectivity index (χ1) is 7.59. The Morgan fingerprint density at radius 2 is 2.00 bits per heavy atom. The molecular formula is C10H10ClNO3S. The Kier molecular flexibility index (Phi) is 3.28. The molecule has 0 radical (unpaired) electrons. The number of carbonyl (C=O) groups excluding carboxylic acids is 1. The number of amides is 1. The maximum atomic E-state index is 11.5. The van der Waals surface area contributed by atoms with Crippen molar-refractivity contribution in [3.63, 3.8) is 0 Å². The molecule has 2 rings (SSSR count). The predicted octanol–water partition coefficient (Wildman–Crippen LogP) is 1.05. The van der Waals surface area contributed by atoms with Crippen LogP contribution < -0.4 is 4.90 Å². The van der Waals surface area contributed by atoms with Crippen LogP contribution in [0, 0.1) is 0 Å². The van der Waals surface area contributed by atoms with Crippen LogP contribution in [0.1, 0.15) is 6.42 Å². The number of rotatable bonds is 2. The molecule has 1 heterocycles. The van der Waals surface area contributed by atoms with Crippen LogP contribution in [-0.4, -0.2) is 27.9 Å². The number of aliphatic hydroxyl groups is 1. The maximum Gasteiger partial charge on any atom is 0.255 e. The molecule has 1 aliphatic heterocycles.